The summed E-state index contributed by atoms with van der Waals surface area (Å²) >= 11 is 5.65. The number of rotatable bonds is 2. The zero-order chi connectivity index (χ0) is 13.0. The van der Waals surface area contributed by atoms with Gasteiger partial charge >= 0.3 is 0 Å². The van der Waals surface area contributed by atoms with Crippen LogP contribution in [0.25, 0.3) is 0 Å². The maximum Gasteiger partial charge on any atom is 0.256 e. The summed E-state index contributed by atoms with van der Waals surface area (Å²) in [6.07, 6.45) is 2.77. The number of amides is 1. The number of nitrogens with one attached hydrogen (secondary N) is 1. The molecule has 0 aliphatic carbocycles. The smallest absolute Gasteiger partial charge is 0.256 e. The molecule has 0 aliphatic heterocycles. The van der Waals surface area contributed by atoms with E-state index < -0.39 is 0 Å². The lowest BCUT2D eigenvalue weighted by atomic mass is 10.1. The number of nitrogens with zero attached hydrogens (tertiary/aromatic N) is 3. The van der Waals surface area contributed by atoms with Crippen molar-refractivity contribution >= 4 is 23.3 Å². The van der Waals surface area contributed by atoms with E-state index in [1.54, 1.807) is 24.3 Å². The van der Waals surface area contributed by atoms with Gasteiger partial charge in [0.05, 0.1) is 24.0 Å². The first-order valence-electron chi connectivity index (χ1n) is 4.98. The number of nitriles is 1. The lowest BCUT2D eigenvalue weighted by Gasteiger charge is -2.03. The highest BCUT2D eigenvalue weighted by Crippen LogP contribution is 2.09. The topological polar surface area (TPSA) is 78.7 Å². The number of carbonyl (C=O) groups excluding carboxylic acids is 1. The van der Waals surface area contributed by atoms with Crippen molar-refractivity contribution in [2.45, 2.75) is 0 Å². The highest BCUT2D eigenvalue weighted by Gasteiger charge is 2.07. The van der Waals surface area contributed by atoms with Crippen LogP contribution in [-0.2, 0) is 0 Å². The van der Waals surface area contributed by atoms with Gasteiger partial charge < -0.3 is 5.32 Å². The van der Waals surface area contributed by atoms with Crippen LogP contribution in [0.4, 0.5) is 5.82 Å². The second-order valence-electron chi connectivity index (χ2n) is 3.37. The van der Waals surface area contributed by atoms with E-state index in [2.05, 4.69) is 15.3 Å². The van der Waals surface area contributed by atoms with Gasteiger partial charge in [-0.15, -0.1) is 0 Å². The predicted molar refractivity (Wildman–Crippen MR) is 66.2 cm³/mol. The van der Waals surface area contributed by atoms with Gasteiger partial charge in [0.15, 0.2) is 5.82 Å². The SMILES string of the molecule is N#Cc1ccc(C(=O)Nc2cncc(Cl)n2)cc1. The molecule has 2 aromatic rings. The number of hydrogen-bond acceptors (Lipinski definition) is 4. The molecule has 0 saturated heterocycles. The Morgan fingerprint density at radius 1 is 1.28 bits per heavy atom. The minimum absolute atomic E-state index is 0.202. The lowest BCUT2D eigenvalue weighted by Crippen LogP contribution is -2.13. The summed E-state index contributed by atoms with van der Waals surface area (Å²) in [6.45, 7) is 0. The summed E-state index contributed by atoms with van der Waals surface area (Å²) in [4.78, 5) is 19.5. The van der Waals surface area contributed by atoms with E-state index in [1.807, 2.05) is 6.07 Å². The summed E-state index contributed by atoms with van der Waals surface area (Å²) in [5.74, 6) is -0.0621. The second-order valence-corrected chi connectivity index (χ2v) is 3.76. The monoisotopic (exact) mass is 258 g/mol. The molecule has 1 aromatic carbocycles. The molecular formula is C12H7ClN4O. The number of aromatic nitrogens is 2. The van der Waals surface area contributed by atoms with E-state index >= 15 is 0 Å². The zero-order valence-electron chi connectivity index (χ0n) is 9.09. The van der Waals surface area contributed by atoms with Crippen LogP contribution in [0.2, 0.25) is 5.15 Å². The van der Waals surface area contributed by atoms with Gasteiger partial charge in [-0.3, -0.25) is 9.78 Å². The molecule has 2 rings (SSSR count). The maximum atomic E-state index is 11.8. The van der Waals surface area contributed by atoms with Gasteiger partial charge in [-0.1, -0.05) is 11.6 Å². The summed E-state index contributed by atoms with van der Waals surface area (Å²) in [5.41, 5.74) is 0.921. The van der Waals surface area contributed by atoms with Crippen molar-refractivity contribution in [3.8, 4) is 6.07 Å². The number of benzene rings is 1. The first-order valence-corrected chi connectivity index (χ1v) is 5.36. The van der Waals surface area contributed by atoms with Gasteiger partial charge in [-0.2, -0.15) is 5.26 Å². The Morgan fingerprint density at radius 3 is 2.61 bits per heavy atom. The van der Waals surface area contributed by atoms with Crippen LogP contribution in [0.5, 0.6) is 0 Å². The molecule has 0 bridgehead atoms. The van der Waals surface area contributed by atoms with Gasteiger partial charge in [-0.05, 0) is 24.3 Å². The van der Waals surface area contributed by atoms with Crippen molar-refractivity contribution < 1.29 is 4.79 Å². The van der Waals surface area contributed by atoms with Crippen LogP contribution in [0.3, 0.4) is 0 Å². The largest absolute Gasteiger partial charge is 0.305 e. The van der Waals surface area contributed by atoms with E-state index in [-0.39, 0.29) is 16.9 Å². The molecule has 1 aromatic heterocycles. The van der Waals surface area contributed by atoms with Crippen molar-refractivity contribution in [1.29, 1.82) is 5.26 Å². The van der Waals surface area contributed by atoms with E-state index in [4.69, 9.17) is 16.9 Å². The van der Waals surface area contributed by atoms with Crippen molar-refractivity contribution in [2.75, 3.05) is 5.32 Å². The Morgan fingerprint density at radius 2 is 2.00 bits per heavy atom. The van der Waals surface area contributed by atoms with Gasteiger partial charge in [0.2, 0.25) is 0 Å². The fraction of sp³-hybridized carbons (Fsp3) is 0. The molecule has 5 nitrogen and oxygen atoms in total. The Labute approximate surface area is 108 Å². The minimum atomic E-state index is -0.337. The highest BCUT2D eigenvalue weighted by atomic mass is 35.5. The average Bonchev–Trinajstić information content (AvgIpc) is 2.39. The van der Waals surface area contributed by atoms with Crippen molar-refractivity contribution in [3.05, 3.63) is 52.9 Å². The summed E-state index contributed by atoms with van der Waals surface area (Å²) in [6, 6.07) is 8.24. The van der Waals surface area contributed by atoms with Crippen LogP contribution in [0.15, 0.2) is 36.7 Å². The van der Waals surface area contributed by atoms with E-state index in [1.165, 1.54) is 12.4 Å². The third kappa shape index (κ3) is 2.81. The molecule has 0 radical (unpaired) electrons. The molecule has 0 unspecified atom stereocenters. The van der Waals surface area contributed by atoms with Crippen LogP contribution in [0.1, 0.15) is 15.9 Å². The Balaban J connectivity index is 2.14. The number of anilines is 1. The maximum absolute atomic E-state index is 11.8. The fourth-order valence-corrected chi connectivity index (χ4v) is 1.43. The van der Waals surface area contributed by atoms with Crippen LogP contribution < -0.4 is 5.32 Å². The normalized spacial score (nSPS) is 9.56. The zero-order valence-corrected chi connectivity index (χ0v) is 9.85. The van der Waals surface area contributed by atoms with Crippen LogP contribution >= 0.6 is 11.6 Å². The third-order valence-corrected chi connectivity index (χ3v) is 2.31. The quantitative estimate of drug-likeness (QED) is 0.896. The molecule has 1 N–H and O–H groups in total. The molecule has 1 amide bonds. The van der Waals surface area contributed by atoms with Gasteiger partial charge in [0, 0.05) is 5.56 Å². The number of halogens is 1. The number of carbonyl (C=O) groups is 1. The van der Waals surface area contributed by atoms with Crippen LogP contribution in [0, 0.1) is 11.3 Å². The molecule has 0 saturated carbocycles. The van der Waals surface area contributed by atoms with E-state index in [0.29, 0.717) is 11.1 Å². The van der Waals surface area contributed by atoms with Crippen LogP contribution in [-0.4, -0.2) is 15.9 Å². The highest BCUT2D eigenvalue weighted by molar-refractivity contribution is 6.29. The summed E-state index contributed by atoms with van der Waals surface area (Å²) in [5, 5.41) is 11.4. The van der Waals surface area contributed by atoms with Gasteiger partial charge in [0.25, 0.3) is 5.91 Å². The standard InChI is InChI=1S/C12H7ClN4O/c13-10-6-15-7-11(16-10)17-12(18)9-3-1-8(5-14)2-4-9/h1-4,6-7H,(H,16,17,18). The Bertz CT molecular complexity index is 619. The average molecular weight is 259 g/mol. The van der Waals surface area contributed by atoms with E-state index in [9.17, 15) is 4.79 Å². The molecule has 88 valence electrons. The number of hydrogen-bond donors (Lipinski definition) is 1. The molecule has 0 fully saturated rings. The predicted octanol–water partition coefficient (Wildman–Crippen LogP) is 2.25. The first kappa shape index (κ1) is 12.0. The van der Waals surface area contributed by atoms with Gasteiger partial charge in [0.1, 0.15) is 5.15 Å². The minimum Gasteiger partial charge on any atom is -0.305 e. The molecule has 18 heavy (non-hydrogen) atoms. The molecular weight excluding hydrogens is 252 g/mol. The lowest BCUT2D eigenvalue weighted by molar-refractivity contribution is 0.102. The van der Waals surface area contributed by atoms with Gasteiger partial charge in [-0.25, -0.2) is 4.98 Å². The fourth-order valence-electron chi connectivity index (χ4n) is 1.29. The van der Waals surface area contributed by atoms with Crippen molar-refractivity contribution in [3.63, 3.8) is 0 Å². The molecule has 0 spiro atoms. The Hall–Kier alpha value is -2.45. The molecule has 6 heteroatoms. The molecule has 0 atom stereocenters. The third-order valence-electron chi connectivity index (χ3n) is 2.12. The Kier molecular flexibility index (Phi) is 3.51. The van der Waals surface area contributed by atoms with Crippen molar-refractivity contribution in [2.24, 2.45) is 0 Å². The molecule has 1 heterocycles. The second kappa shape index (κ2) is 5.25. The summed E-state index contributed by atoms with van der Waals surface area (Å²) < 4.78 is 0. The summed E-state index contributed by atoms with van der Waals surface area (Å²) in [7, 11) is 0. The van der Waals surface area contributed by atoms with E-state index in [0.717, 1.165) is 0 Å². The first-order chi connectivity index (χ1) is 8.69. The van der Waals surface area contributed by atoms with Crippen molar-refractivity contribution in [1.82, 2.24) is 9.97 Å². The molecule has 0 aliphatic rings.